The monoisotopic (exact) mass is 451 g/mol. The minimum Gasteiger partial charge on any atom is -0.378 e. The van der Waals surface area contributed by atoms with E-state index >= 15 is 0 Å². The number of ether oxygens (including phenoxy) is 1. The summed E-state index contributed by atoms with van der Waals surface area (Å²) in [7, 11) is 0. The number of hydrogen-bond donors (Lipinski definition) is 1. The zero-order chi connectivity index (χ0) is 23.4. The molecule has 0 bridgehead atoms. The summed E-state index contributed by atoms with van der Waals surface area (Å²) < 4.78 is 7.12. The molecule has 0 aliphatic carbocycles. The van der Waals surface area contributed by atoms with Crippen molar-refractivity contribution >= 4 is 23.1 Å². The van der Waals surface area contributed by atoms with E-state index in [0.717, 1.165) is 35.9 Å². The average Bonchev–Trinajstić information content (AvgIpc) is 3.12. The van der Waals surface area contributed by atoms with Gasteiger partial charge in [-0.25, -0.2) is 4.68 Å². The SMILES string of the molecule is Cc1nn(-c2ccc(N3CCOCC3)nn2)c(C)c1CCC(=O)Nc1ccc([N+](=O)[O-])cc1. The van der Waals surface area contributed by atoms with Crippen LogP contribution in [0.2, 0.25) is 0 Å². The van der Waals surface area contributed by atoms with E-state index in [2.05, 4.69) is 25.5 Å². The van der Waals surface area contributed by atoms with Crippen LogP contribution in [-0.2, 0) is 16.0 Å². The highest BCUT2D eigenvalue weighted by Gasteiger charge is 2.17. The largest absolute Gasteiger partial charge is 0.378 e. The Kier molecular flexibility index (Phi) is 6.59. The summed E-state index contributed by atoms with van der Waals surface area (Å²) in [6.45, 7) is 6.80. The average molecular weight is 451 g/mol. The van der Waals surface area contributed by atoms with Crippen molar-refractivity contribution in [3.05, 3.63) is 63.5 Å². The van der Waals surface area contributed by atoms with Crippen LogP contribution in [-0.4, -0.2) is 57.1 Å². The Balaban J connectivity index is 1.40. The van der Waals surface area contributed by atoms with Crippen LogP contribution in [0.5, 0.6) is 0 Å². The van der Waals surface area contributed by atoms with Crippen molar-refractivity contribution in [3.8, 4) is 5.82 Å². The van der Waals surface area contributed by atoms with E-state index in [4.69, 9.17) is 4.74 Å². The number of hydrogen-bond acceptors (Lipinski definition) is 8. The van der Waals surface area contributed by atoms with Crippen LogP contribution in [0, 0.1) is 24.0 Å². The predicted octanol–water partition coefficient (Wildman–Crippen LogP) is 2.60. The first-order valence-electron chi connectivity index (χ1n) is 10.7. The minimum absolute atomic E-state index is 0.0206. The Morgan fingerprint density at radius 2 is 1.76 bits per heavy atom. The molecule has 3 aromatic rings. The standard InChI is InChI=1S/C22H25N7O4/c1-15-19(7-10-22(30)23-17-3-5-18(6-4-17)29(31)32)16(2)28(26-15)21-9-8-20(24-25-21)27-11-13-33-14-12-27/h3-6,8-9H,7,10-14H2,1-2H3,(H,23,30). The highest BCUT2D eigenvalue weighted by molar-refractivity contribution is 5.90. The number of aryl methyl sites for hydroxylation is 1. The number of rotatable bonds is 7. The Labute approximate surface area is 190 Å². The van der Waals surface area contributed by atoms with Gasteiger partial charge in [0.25, 0.3) is 5.69 Å². The second-order valence-corrected chi connectivity index (χ2v) is 7.76. The number of anilines is 2. The van der Waals surface area contributed by atoms with Crippen molar-refractivity contribution in [2.75, 3.05) is 36.5 Å². The number of nitro benzene ring substituents is 1. The molecule has 0 unspecified atom stereocenters. The fourth-order valence-corrected chi connectivity index (χ4v) is 3.78. The van der Waals surface area contributed by atoms with E-state index in [1.807, 2.05) is 26.0 Å². The minimum atomic E-state index is -0.477. The van der Waals surface area contributed by atoms with Crippen LogP contribution in [0.4, 0.5) is 17.2 Å². The normalized spacial score (nSPS) is 13.7. The summed E-state index contributed by atoms with van der Waals surface area (Å²) in [5, 5.41) is 26.8. The van der Waals surface area contributed by atoms with Crippen molar-refractivity contribution in [2.24, 2.45) is 0 Å². The van der Waals surface area contributed by atoms with Gasteiger partial charge in [0.1, 0.15) is 0 Å². The maximum absolute atomic E-state index is 12.4. The molecule has 172 valence electrons. The smallest absolute Gasteiger partial charge is 0.269 e. The van der Waals surface area contributed by atoms with Crippen molar-refractivity contribution in [2.45, 2.75) is 26.7 Å². The third-order valence-corrected chi connectivity index (χ3v) is 5.59. The first-order valence-corrected chi connectivity index (χ1v) is 10.7. The molecule has 11 heteroatoms. The fraction of sp³-hybridized carbons (Fsp3) is 0.364. The Bertz CT molecular complexity index is 1140. The number of nitro groups is 1. The highest BCUT2D eigenvalue weighted by atomic mass is 16.6. The fourth-order valence-electron chi connectivity index (χ4n) is 3.78. The molecular formula is C22H25N7O4. The number of carbonyl (C=O) groups excluding carboxylic acids is 1. The molecule has 33 heavy (non-hydrogen) atoms. The van der Waals surface area contributed by atoms with Gasteiger partial charge in [0.05, 0.1) is 23.8 Å². The molecule has 11 nitrogen and oxygen atoms in total. The summed E-state index contributed by atoms with van der Waals surface area (Å²) in [6, 6.07) is 9.58. The second-order valence-electron chi connectivity index (χ2n) is 7.76. The van der Waals surface area contributed by atoms with Gasteiger partial charge in [-0.05, 0) is 50.1 Å². The van der Waals surface area contributed by atoms with Crippen LogP contribution in [0.25, 0.3) is 5.82 Å². The Hall–Kier alpha value is -3.86. The Morgan fingerprint density at radius 1 is 1.09 bits per heavy atom. The highest BCUT2D eigenvalue weighted by Crippen LogP contribution is 2.20. The summed E-state index contributed by atoms with van der Waals surface area (Å²) in [4.78, 5) is 24.8. The van der Waals surface area contributed by atoms with E-state index in [0.29, 0.717) is 31.1 Å². The third kappa shape index (κ3) is 5.14. The van der Waals surface area contributed by atoms with E-state index < -0.39 is 4.92 Å². The lowest BCUT2D eigenvalue weighted by molar-refractivity contribution is -0.384. The third-order valence-electron chi connectivity index (χ3n) is 5.59. The second kappa shape index (κ2) is 9.74. The molecule has 0 spiro atoms. The molecule has 2 aromatic heterocycles. The summed E-state index contributed by atoms with van der Waals surface area (Å²) in [6.07, 6.45) is 0.766. The van der Waals surface area contributed by atoms with Crippen LogP contribution >= 0.6 is 0 Å². The predicted molar refractivity (Wildman–Crippen MR) is 122 cm³/mol. The van der Waals surface area contributed by atoms with Gasteiger partial charge in [0, 0.05) is 43.0 Å². The summed E-state index contributed by atoms with van der Waals surface area (Å²) in [5.41, 5.74) is 3.21. The molecule has 1 fully saturated rings. The van der Waals surface area contributed by atoms with Crippen molar-refractivity contribution < 1.29 is 14.5 Å². The molecule has 1 aromatic carbocycles. The summed E-state index contributed by atoms with van der Waals surface area (Å²) in [5.74, 6) is 1.26. The van der Waals surface area contributed by atoms with Crippen molar-refractivity contribution in [3.63, 3.8) is 0 Å². The lowest BCUT2D eigenvalue weighted by Gasteiger charge is -2.27. The number of aromatic nitrogens is 4. The number of carbonyl (C=O) groups is 1. The first kappa shape index (κ1) is 22.3. The topological polar surface area (TPSA) is 128 Å². The lowest BCUT2D eigenvalue weighted by atomic mass is 10.1. The number of nitrogens with zero attached hydrogens (tertiary/aromatic N) is 6. The van der Waals surface area contributed by atoms with Gasteiger partial charge in [-0.15, -0.1) is 10.2 Å². The molecule has 1 aliphatic heterocycles. The van der Waals surface area contributed by atoms with Gasteiger partial charge >= 0.3 is 0 Å². The van der Waals surface area contributed by atoms with Gasteiger partial charge in [-0.2, -0.15) is 5.10 Å². The zero-order valence-electron chi connectivity index (χ0n) is 18.5. The van der Waals surface area contributed by atoms with E-state index in [1.54, 1.807) is 4.68 Å². The maximum atomic E-state index is 12.4. The quantitative estimate of drug-likeness (QED) is 0.429. The van der Waals surface area contributed by atoms with Gasteiger partial charge in [-0.1, -0.05) is 0 Å². The first-order chi connectivity index (χ1) is 15.9. The molecule has 1 aliphatic rings. The Morgan fingerprint density at radius 3 is 2.39 bits per heavy atom. The lowest BCUT2D eigenvalue weighted by Crippen LogP contribution is -2.36. The van der Waals surface area contributed by atoms with E-state index in [1.165, 1.54) is 24.3 Å². The number of morpholine rings is 1. The maximum Gasteiger partial charge on any atom is 0.269 e. The van der Waals surface area contributed by atoms with E-state index in [9.17, 15) is 14.9 Å². The van der Waals surface area contributed by atoms with Gasteiger partial charge < -0.3 is 15.0 Å². The molecule has 1 amide bonds. The van der Waals surface area contributed by atoms with Crippen LogP contribution in [0.15, 0.2) is 36.4 Å². The number of non-ortho nitro benzene ring substituents is 1. The van der Waals surface area contributed by atoms with Crippen LogP contribution in [0.1, 0.15) is 23.4 Å². The number of nitrogens with one attached hydrogen (secondary N) is 1. The number of benzene rings is 1. The number of amides is 1. The summed E-state index contributed by atoms with van der Waals surface area (Å²) >= 11 is 0. The molecular weight excluding hydrogens is 426 g/mol. The van der Waals surface area contributed by atoms with E-state index in [-0.39, 0.29) is 18.0 Å². The molecule has 0 atom stereocenters. The van der Waals surface area contributed by atoms with Crippen LogP contribution in [0.3, 0.4) is 0 Å². The van der Waals surface area contributed by atoms with Crippen molar-refractivity contribution in [1.82, 2.24) is 20.0 Å². The molecule has 0 radical (unpaired) electrons. The molecule has 1 N–H and O–H groups in total. The van der Waals surface area contributed by atoms with Crippen LogP contribution < -0.4 is 10.2 Å². The molecule has 1 saturated heterocycles. The van der Waals surface area contributed by atoms with Gasteiger partial charge in [0.2, 0.25) is 5.91 Å². The van der Waals surface area contributed by atoms with Gasteiger partial charge in [0.15, 0.2) is 11.6 Å². The van der Waals surface area contributed by atoms with Gasteiger partial charge in [-0.3, -0.25) is 14.9 Å². The molecule has 4 rings (SSSR count). The molecule has 3 heterocycles. The van der Waals surface area contributed by atoms with Crippen molar-refractivity contribution in [1.29, 1.82) is 0 Å². The zero-order valence-corrected chi connectivity index (χ0v) is 18.5. The molecule has 0 saturated carbocycles.